The number of hydrogen-bond donors (Lipinski definition) is 1. The summed E-state index contributed by atoms with van der Waals surface area (Å²) < 4.78 is 15.8. The molecular formula is C12H13FN2. The van der Waals surface area contributed by atoms with Gasteiger partial charge in [-0.15, -0.1) is 0 Å². The van der Waals surface area contributed by atoms with Crippen LogP contribution in [0.1, 0.15) is 11.3 Å². The topological polar surface area (TPSA) is 17.0 Å². The third-order valence-electron chi connectivity index (χ3n) is 3.23. The van der Waals surface area contributed by atoms with E-state index in [9.17, 15) is 4.39 Å². The summed E-state index contributed by atoms with van der Waals surface area (Å²) in [6, 6.07) is 5.31. The molecule has 0 saturated heterocycles. The Morgan fingerprint density at radius 3 is 3.13 bits per heavy atom. The second-order valence-corrected chi connectivity index (χ2v) is 4.04. The Bertz CT molecular complexity index is 528. The lowest BCUT2D eigenvalue weighted by Crippen LogP contribution is -2.28. The van der Waals surface area contributed by atoms with Gasteiger partial charge in [0.25, 0.3) is 0 Å². The molecule has 1 aliphatic rings. The minimum absolute atomic E-state index is 0.120. The number of aromatic nitrogens is 1. The predicted octanol–water partition coefficient (Wildman–Crippen LogP) is 2.19. The van der Waals surface area contributed by atoms with Crippen molar-refractivity contribution in [2.45, 2.75) is 20.0 Å². The summed E-state index contributed by atoms with van der Waals surface area (Å²) >= 11 is 0. The largest absolute Gasteiger partial charge is 0.329 e. The van der Waals surface area contributed by atoms with Crippen LogP contribution in [0, 0.1) is 12.7 Å². The standard InChI is InChI=1S/C12H13FN2/c1-8-9-3-2-4-10(13)12(9)15-7-14-6-5-11(8)15/h2-4,14H,5-7H2,1H3. The molecule has 2 nitrogen and oxygen atoms in total. The first kappa shape index (κ1) is 8.92. The molecule has 0 radical (unpaired) electrons. The van der Waals surface area contributed by atoms with Gasteiger partial charge in [-0.3, -0.25) is 5.32 Å². The lowest BCUT2D eigenvalue weighted by Gasteiger charge is -2.18. The molecule has 1 aromatic heterocycles. The Morgan fingerprint density at radius 2 is 2.27 bits per heavy atom. The van der Waals surface area contributed by atoms with Crippen LogP contribution in [-0.2, 0) is 13.1 Å². The van der Waals surface area contributed by atoms with Crippen molar-refractivity contribution >= 4 is 10.9 Å². The number of benzene rings is 1. The number of hydrogen-bond acceptors (Lipinski definition) is 1. The molecule has 1 aromatic carbocycles. The number of rotatable bonds is 0. The molecule has 0 aliphatic carbocycles. The highest BCUT2D eigenvalue weighted by molar-refractivity contribution is 5.86. The monoisotopic (exact) mass is 204 g/mol. The van der Waals surface area contributed by atoms with Crippen LogP contribution in [0.15, 0.2) is 18.2 Å². The second kappa shape index (κ2) is 3.07. The van der Waals surface area contributed by atoms with Gasteiger partial charge < -0.3 is 4.57 Å². The van der Waals surface area contributed by atoms with Gasteiger partial charge >= 0.3 is 0 Å². The molecule has 0 unspecified atom stereocenters. The smallest absolute Gasteiger partial charge is 0.147 e. The molecule has 3 heteroatoms. The molecule has 2 aromatic rings. The van der Waals surface area contributed by atoms with Gasteiger partial charge in [-0.1, -0.05) is 12.1 Å². The Balaban J connectivity index is 2.44. The van der Waals surface area contributed by atoms with Crippen molar-refractivity contribution in [3.8, 4) is 0 Å². The highest BCUT2D eigenvalue weighted by Crippen LogP contribution is 2.28. The van der Waals surface area contributed by atoms with E-state index in [0.717, 1.165) is 30.5 Å². The number of aryl methyl sites for hydroxylation is 1. The van der Waals surface area contributed by atoms with Gasteiger partial charge in [-0.25, -0.2) is 4.39 Å². The van der Waals surface area contributed by atoms with E-state index >= 15 is 0 Å². The number of para-hydroxylation sites is 1. The molecule has 15 heavy (non-hydrogen) atoms. The molecule has 0 bridgehead atoms. The van der Waals surface area contributed by atoms with E-state index in [1.165, 1.54) is 17.3 Å². The molecule has 78 valence electrons. The van der Waals surface area contributed by atoms with Crippen LogP contribution in [0.5, 0.6) is 0 Å². The first-order valence-corrected chi connectivity index (χ1v) is 5.26. The van der Waals surface area contributed by atoms with Crippen LogP contribution in [-0.4, -0.2) is 11.1 Å². The minimum Gasteiger partial charge on any atom is -0.329 e. The van der Waals surface area contributed by atoms with E-state index in [2.05, 4.69) is 16.8 Å². The van der Waals surface area contributed by atoms with E-state index in [1.807, 2.05) is 6.07 Å². The second-order valence-electron chi connectivity index (χ2n) is 4.04. The van der Waals surface area contributed by atoms with Crippen LogP contribution >= 0.6 is 0 Å². The van der Waals surface area contributed by atoms with Gasteiger partial charge in [0.1, 0.15) is 5.82 Å². The molecule has 0 amide bonds. The van der Waals surface area contributed by atoms with Crippen molar-refractivity contribution in [1.82, 2.24) is 9.88 Å². The maximum Gasteiger partial charge on any atom is 0.147 e. The molecular weight excluding hydrogens is 191 g/mol. The van der Waals surface area contributed by atoms with E-state index < -0.39 is 0 Å². The minimum atomic E-state index is -0.120. The van der Waals surface area contributed by atoms with Gasteiger partial charge in [-0.05, 0) is 18.6 Å². The van der Waals surface area contributed by atoms with Gasteiger partial charge in [0.15, 0.2) is 0 Å². The van der Waals surface area contributed by atoms with Crippen LogP contribution in [0.3, 0.4) is 0 Å². The summed E-state index contributed by atoms with van der Waals surface area (Å²) in [4.78, 5) is 0. The number of nitrogens with zero attached hydrogens (tertiary/aromatic N) is 1. The molecule has 1 N–H and O–H groups in total. The Morgan fingerprint density at radius 1 is 1.40 bits per heavy atom. The van der Waals surface area contributed by atoms with E-state index in [-0.39, 0.29) is 5.82 Å². The molecule has 0 atom stereocenters. The van der Waals surface area contributed by atoms with E-state index in [4.69, 9.17) is 0 Å². The average Bonchev–Trinajstić information content (AvgIpc) is 2.55. The summed E-state index contributed by atoms with van der Waals surface area (Å²) in [5.41, 5.74) is 3.25. The SMILES string of the molecule is Cc1c2n(c3c(F)cccc13)CNCC2. The fraction of sp³-hybridized carbons (Fsp3) is 0.333. The summed E-state index contributed by atoms with van der Waals surface area (Å²) in [5.74, 6) is -0.120. The van der Waals surface area contributed by atoms with E-state index in [0.29, 0.717) is 0 Å². The number of nitrogens with one attached hydrogen (secondary N) is 1. The normalized spacial score (nSPS) is 15.6. The first-order chi connectivity index (χ1) is 7.29. The quantitative estimate of drug-likeness (QED) is 0.696. The van der Waals surface area contributed by atoms with Crippen molar-refractivity contribution in [2.24, 2.45) is 0 Å². The Kier molecular flexibility index (Phi) is 1.83. The van der Waals surface area contributed by atoms with Crippen LogP contribution in [0.4, 0.5) is 4.39 Å². The van der Waals surface area contributed by atoms with Gasteiger partial charge in [-0.2, -0.15) is 0 Å². The highest BCUT2D eigenvalue weighted by atomic mass is 19.1. The molecule has 0 spiro atoms. The fourth-order valence-corrected chi connectivity index (χ4v) is 2.48. The molecule has 0 saturated carbocycles. The number of halogens is 1. The average molecular weight is 204 g/mol. The number of fused-ring (bicyclic) bond motifs is 3. The molecule has 3 rings (SSSR count). The zero-order valence-corrected chi connectivity index (χ0v) is 8.68. The van der Waals surface area contributed by atoms with E-state index in [1.54, 1.807) is 6.07 Å². The van der Waals surface area contributed by atoms with Crippen molar-refractivity contribution in [2.75, 3.05) is 6.54 Å². The fourth-order valence-electron chi connectivity index (χ4n) is 2.48. The zero-order valence-electron chi connectivity index (χ0n) is 8.68. The van der Waals surface area contributed by atoms with Crippen LogP contribution in [0.2, 0.25) is 0 Å². The molecule has 1 aliphatic heterocycles. The van der Waals surface area contributed by atoms with Crippen molar-refractivity contribution in [1.29, 1.82) is 0 Å². The van der Waals surface area contributed by atoms with Crippen LogP contribution < -0.4 is 5.32 Å². The molecule has 2 heterocycles. The van der Waals surface area contributed by atoms with Gasteiger partial charge in [0, 0.05) is 24.0 Å². The van der Waals surface area contributed by atoms with Crippen LogP contribution in [0.25, 0.3) is 10.9 Å². The molecule has 0 fully saturated rings. The Labute approximate surface area is 87.7 Å². The zero-order chi connectivity index (χ0) is 10.4. The maximum absolute atomic E-state index is 13.7. The maximum atomic E-state index is 13.7. The highest BCUT2D eigenvalue weighted by Gasteiger charge is 2.18. The van der Waals surface area contributed by atoms with Crippen molar-refractivity contribution < 1.29 is 4.39 Å². The van der Waals surface area contributed by atoms with Gasteiger partial charge in [0.05, 0.1) is 12.2 Å². The predicted molar refractivity (Wildman–Crippen MR) is 58.3 cm³/mol. The summed E-state index contributed by atoms with van der Waals surface area (Å²) in [6.45, 7) is 3.79. The Hall–Kier alpha value is -1.35. The lowest BCUT2D eigenvalue weighted by atomic mass is 10.1. The first-order valence-electron chi connectivity index (χ1n) is 5.26. The van der Waals surface area contributed by atoms with Crippen molar-refractivity contribution in [3.63, 3.8) is 0 Å². The lowest BCUT2D eigenvalue weighted by molar-refractivity contribution is 0.498. The third kappa shape index (κ3) is 1.13. The summed E-state index contributed by atoms with van der Waals surface area (Å²) in [7, 11) is 0. The summed E-state index contributed by atoms with van der Waals surface area (Å²) in [6.07, 6.45) is 0.986. The summed E-state index contributed by atoms with van der Waals surface area (Å²) in [5, 5.41) is 4.32. The van der Waals surface area contributed by atoms with Crippen molar-refractivity contribution in [3.05, 3.63) is 35.3 Å². The third-order valence-corrected chi connectivity index (χ3v) is 3.23. The van der Waals surface area contributed by atoms with Gasteiger partial charge in [0.2, 0.25) is 0 Å².